The number of hydrogen-bond acceptors (Lipinski definition) is 5. The normalized spacial score (nSPS) is 16.2. The lowest BCUT2D eigenvalue weighted by atomic mass is 9.83. The Balaban J connectivity index is 1.74. The molecule has 5 nitrogen and oxygen atoms in total. The summed E-state index contributed by atoms with van der Waals surface area (Å²) in [5, 5.41) is 9.82. The molecule has 0 radical (unpaired) electrons. The third-order valence-electron chi connectivity index (χ3n) is 5.16. The Labute approximate surface area is 154 Å². The van der Waals surface area contributed by atoms with Gasteiger partial charge in [0.05, 0.1) is 13.2 Å². The maximum absolute atomic E-state index is 9.82. The van der Waals surface area contributed by atoms with Gasteiger partial charge in [0.15, 0.2) is 23.0 Å². The van der Waals surface area contributed by atoms with Gasteiger partial charge in [0.1, 0.15) is 0 Å². The molecule has 3 atom stereocenters. The van der Waals surface area contributed by atoms with Gasteiger partial charge in [0.25, 0.3) is 0 Å². The second-order valence-electron chi connectivity index (χ2n) is 6.82. The molecule has 0 fully saturated rings. The zero-order valence-corrected chi connectivity index (χ0v) is 15.7. The average Bonchev–Trinajstić information content (AvgIpc) is 3.11. The van der Waals surface area contributed by atoms with Gasteiger partial charge < -0.3 is 24.1 Å². The second-order valence-corrected chi connectivity index (χ2v) is 6.82. The van der Waals surface area contributed by atoms with E-state index >= 15 is 0 Å². The van der Waals surface area contributed by atoms with E-state index in [4.69, 9.17) is 18.9 Å². The topological polar surface area (TPSA) is 57.2 Å². The summed E-state index contributed by atoms with van der Waals surface area (Å²) in [6.45, 7) is 4.70. The van der Waals surface area contributed by atoms with Gasteiger partial charge in [-0.15, -0.1) is 0 Å². The summed E-state index contributed by atoms with van der Waals surface area (Å²) in [5.41, 5.74) is 2.21. The van der Waals surface area contributed by atoms with Crippen LogP contribution in [0.1, 0.15) is 31.1 Å². The fraction of sp³-hybridized carbons (Fsp3) is 0.429. The summed E-state index contributed by atoms with van der Waals surface area (Å²) in [7, 11) is 3.26. The largest absolute Gasteiger partial charge is 0.504 e. The molecule has 1 aliphatic rings. The molecule has 0 amide bonds. The first-order chi connectivity index (χ1) is 12.5. The van der Waals surface area contributed by atoms with Crippen molar-refractivity contribution in [1.29, 1.82) is 0 Å². The highest BCUT2D eigenvalue weighted by molar-refractivity contribution is 5.45. The van der Waals surface area contributed by atoms with Gasteiger partial charge in [-0.1, -0.05) is 26.0 Å². The van der Waals surface area contributed by atoms with Crippen LogP contribution in [-0.2, 0) is 11.2 Å². The van der Waals surface area contributed by atoms with Crippen molar-refractivity contribution in [1.82, 2.24) is 0 Å². The molecule has 0 saturated carbocycles. The number of rotatable bonds is 7. The van der Waals surface area contributed by atoms with E-state index in [1.54, 1.807) is 20.3 Å². The molecule has 0 bridgehead atoms. The van der Waals surface area contributed by atoms with Crippen LogP contribution in [0.3, 0.4) is 0 Å². The van der Waals surface area contributed by atoms with Crippen LogP contribution in [0.5, 0.6) is 23.0 Å². The summed E-state index contributed by atoms with van der Waals surface area (Å²) >= 11 is 0. The van der Waals surface area contributed by atoms with Crippen LogP contribution < -0.4 is 14.2 Å². The molecule has 0 aliphatic carbocycles. The summed E-state index contributed by atoms with van der Waals surface area (Å²) in [5.74, 6) is 2.85. The number of fused-ring (bicyclic) bond motifs is 1. The average molecular weight is 358 g/mol. The minimum absolute atomic E-state index is 0.0893. The minimum atomic E-state index is -0.0893. The maximum Gasteiger partial charge on any atom is 0.231 e. The number of methoxy groups -OCH3 is 2. The fourth-order valence-corrected chi connectivity index (χ4v) is 3.45. The van der Waals surface area contributed by atoms with Crippen LogP contribution in [-0.4, -0.2) is 26.1 Å². The van der Waals surface area contributed by atoms with Crippen molar-refractivity contribution >= 4 is 0 Å². The predicted molar refractivity (Wildman–Crippen MR) is 99.0 cm³/mol. The summed E-state index contributed by atoms with van der Waals surface area (Å²) in [6, 6.07) is 11.5. The van der Waals surface area contributed by atoms with Gasteiger partial charge >= 0.3 is 0 Å². The molecule has 140 valence electrons. The van der Waals surface area contributed by atoms with E-state index in [2.05, 4.69) is 26.0 Å². The van der Waals surface area contributed by atoms with E-state index in [1.165, 1.54) is 5.56 Å². The molecule has 3 rings (SSSR count). The smallest absolute Gasteiger partial charge is 0.231 e. The third kappa shape index (κ3) is 3.73. The van der Waals surface area contributed by atoms with Gasteiger partial charge in [0.2, 0.25) is 6.79 Å². The monoisotopic (exact) mass is 358 g/mol. The molecular formula is C21H26O5. The van der Waals surface area contributed by atoms with Crippen molar-refractivity contribution in [3.63, 3.8) is 0 Å². The van der Waals surface area contributed by atoms with E-state index in [0.717, 1.165) is 23.5 Å². The molecule has 1 aliphatic heterocycles. The molecule has 26 heavy (non-hydrogen) atoms. The third-order valence-corrected chi connectivity index (χ3v) is 5.16. The Hall–Kier alpha value is -2.40. The minimum Gasteiger partial charge on any atom is -0.504 e. The zero-order valence-electron chi connectivity index (χ0n) is 15.7. The Morgan fingerprint density at radius 1 is 1.04 bits per heavy atom. The van der Waals surface area contributed by atoms with Gasteiger partial charge in [0, 0.05) is 7.11 Å². The van der Waals surface area contributed by atoms with Crippen molar-refractivity contribution < 1.29 is 24.1 Å². The van der Waals surface area contributed by atoms with Crippen molar-refractivity contribution in [3.05, 3.63) is 47.5 Å². The second kappa shape index (κ2) is 7.87. The van der Waals surface area contributed by atoms with E-state index in [1.807, 2.05) is 18.2 Å². The van der Waals surface area contributed by atoms with Crippen LogP contribution in [0.4, 0.5) is 0 Å². The van der Waals surface area contributed by atoms with Gasteiger partial charge in [-0.25, -0.2) is 0 Å². The van der Waals surface area contributed by atoms with Crippen molar-refractivity contribution in [2.45, 2.75) is 26.4 Å². The molecule has 0 unspecified atom stereocenters. The highest BCUT2D eigenvalue weighted by atomic mass is 16.7. The Morgan fingerprint density at radius 2 is 1.81 bits per heavy atom. The Bertz CT molecular complexity index is 758. The summed E-state index contributed by atoms with van der Waals surface area (Å²) in [6.07, 6.45) is 0.820. The molecule has 2 aromatic carbocycles. The van der Waals surface area contributed by atoms with Crippen LogP contribution in [0, 0.1) is 11.8 Å². The first-order valence-electron chi connectivity index (χ1n) is 8.81. The van der Waals surface area contributed by atoms with Gasteiger partial charge in [-0.05, 0) is 53.6 Å². The number of phenols is 1. The van der Waals surface area contributed by atoms with Crippen molar-refractivity contribution in [3.8, 4) is 23.0 Å². The number of phenolic OH excluding ortho intramolecular Hbond substituents is 1. The van der Waals surface area contributed by atoms with Crippen LogP contribution in [0.25, 0.3) is 0 Å². The van der Waals surface area contributed by atoms with E-state index in [-0.39, 0.29) is 17.8 Å². The Morgan fingerprint density at radius 3 is 2.54 bits per heavy atom. The molecule has 0 spiro atoms. The summed E-state index contributed by atoms with van der Waals surface area (Å²) < 4.78 is 21.9. The van der Waals surface area contributed by atoms with Crippen molar-refractivity contribution in [2.24, 2.45) is 11.8 Å². The number of hydrogen-bond donors (Lipinski definition) is 1. The molecule has 1 heterocycles. The van der Waals surface area contributed by atoms with Crippen LogP contribution >= 0.6 is 0 Å². The molecule has 5 heteroatoms. The highest BCUT2D eigenvalue weighted by Crippen LogP contribution is 2.38. The van der Waals surface area contributed by atoms with Crippen LogP contribution in [0.2, 0.25) is 0 Å². The molecular weight excluding hydrogens is 332 g/mol. The summed E-state index contributed by atoms with van der Waals surface area (Å²) in [4.78, 5) is 0. The lowest BCUT2D eigenvalue weighted by molar-refractivity contribution is 0.0365. The predicted octanol–water partition coefficient (Wildman–Crippen LogP) is 4.33. The molecule has 2 aromatic rings. The molecule has 0 aromatic heterocycles. The van der Waals surface area contributed by atoms with E-state index < -0.39 is 0 Å². The fourth-order valence-electron chi connectivity index (χ4n) is 3.45. The molecule has 0 saturated heterocycles. The molecule has 1 N–H and O–H groups in total. The Kier molecular flexibility index (Phi) is 5.57. The SMILES string of the molecule is COc1cc([C@@H](OC)[C@H](C)[C@@H](C)Cc2ccc3c(c2)OCO3)ccc1O. The number of aromatic hydroxyl groups is 1. The standard InChI is InChI=1S/C21H26O5/c1-13(9-15-5-8-18-20(10-15)26-12-25-18)14(2)21(24-4)16-6-7-17(22)19(11-16)23-3/h5-8,10-11,13-14,21-22H,9,12H2,1-4H3/t13-,14+,21-/m0/s1. The maximum atomic E-state index is 9.82. The van der Waals surface area contributed by atoms with Gasteiger partial charge in [-0.3, -0.25) is 0 Å². The van der Waals surface area contributed by atoms with Crippen molar-refractivity contribution in [2.75, 3.05) is 21.0 Å². The number of ether oxygens (including phenoxy) is 4. The quantitative estimate of drug-likeness (QED) is 0.798. The lowest BCUT2D eigenvalue weighted by Gasteiger charge is -2.29. The first kappa shape index (κ1) is 18.4. The zero-order chi connectivity index (χ0) is 18.7. The number of benzene rings is 2. The lowest BCUT2D eigenvalue weighted by Crippen LogP contribution is -2.20. The van der Waals surface area contributed by atoms with E-state index in [0.29, 0.717) is 18.5 Å². The highest BCUT2D eigenvalue weighted by Gasteiger charge is 2.26. The first-order valence-corrected chi connectivity index (χ1v) is 8.81. The van der Waals surface area contributed by atoms with Gasteiger partial charge in [-0.2, -0.15) is 0 Å². The van der Waals surface area contributed by atoms with E-state index in [9.17, 15) is 5.11 Å². The van der Waals surface area contributed by atoms with Crippen LogP contribution in [0.15, 0.2) is 36.4 Å².